The molecule has 5 aliphatic rings. The molecule has 5 aliphatic heterocycles. The van der Waals surface area contributed by atoms with Gasteiger partial charge in [0.1, 0.15) is 28.7 Å². The summed E-state index contributed by atoms with van der Waals surface area (Å²) in [7, 11) is 10.5. The van der Waals surface area contributed by atoms with E-state index < -0.39 is 0 Å². The molecule has 0 saturated carbocycles. The first-order valence-corrected chi connectivity index (χ1v) is 19.3. The fourth-order valence-corrected chi connectivity index (χ4v) is 7.80. The van der Waals surface area contributed by atoms with Crippen LogP contribution in [0.2, 0.25) is 0 Å². The second-order valence-corrected chi connectivity index (χ2v) is 16.0. The molecule has 5 aromatic rings. The van der Waals surface area contributed by atoms with Crippen molar-refractivity contribution in [1.82, 2.24) is 14.4 Å². The maximum atomic E-state index is 6.25. The van der Waals surface area contributed by atoms with Gasteiger partial charge in [0.25, 0.3) is 0 Å². The van der Waals surface area contributed by atoms with E-state index in [2.05, 4.69) is 139 Å². The third-order valence-corrected chi connectivity index (χ3v) is 10.9. The summed E-state index contributed by atoms with van der Waals surface area (Å²) < 4.78 is 13.2. The Morgan fingerprint density at radius 2 is 1.21 bits per heavy atom. The van der Waals surface area contributed by atoms with E-state index in [1.54, 1.807) is 0 Å². The Bertz CT molecular complexity index is 2770. The van der Waals surface area contributed by atoms with E-state index in [0.717, 1.165) is 89.0 Å². The van der Waals surface area contributed by atoms with Crippen LogP contribution in [-0.4, -0.2) is 68.6 Å². The van der Waals surface area contributed by atoms with Crippen molar-refractivity contribution in [3.63, 3.8) is 0 Å². The molecule has 0 radical (unpaired) electrons. The highest BCUT2D eigenvalue weighted by molar-refractivity contribution is 6.30. The van der Waals surface area contributed by atoms with Crippen molar-refractivity contribution in [2.24, 2.45) is 9.98 Å². The van der Waals surface area contributed by atoms with E-state index in [0.29, 0.717) is 6.04 Å². The van der Waals surface area contributed by atoms with Crippen LogP contribution in [0.25, 0.3) is 17.2 Å². The second-order valence-electron chi connectivity index (χ2n) is 16.0. The molecule has 1 fully saturated rings. The summed E-state index contributed by atoms with van der Waals surface area (Å²) in [5, 5.41) is 1.95. The normalized spacial score (nSPS) is 22.6. The van der Waals surface area contributed by atoms with Gasteiger partial charge in [0.2, 0.25) is 0 Å². The molecular weight excluding hydrogens is 705 g/mol. The van der Waals surface area contributed by atoms with E-state index in [9.17, 15) is 0 Å². The summed E-state index contributed by atoms with van der Waals surface area (Å²) in [6, 6.07) is 37.8. The smallest absolute Gasteiger partial charge is 0.132 e. The molecule has 1 saturated heterocycles. The van der Waals surface area contributed by atoms with Gasteiger partial charge in [0.15, 0.2) is 0 Å². The number of fused-ring (bicyclic) bond motifs is 5. The molecule has 0 amide bonds. The van der Waals surface area contributed by atoms with Crippen molar-refractivity contribution in [3.05, 3.63) is 185 Å². The quantitative estimate of drug-likeness (QED) is 0.129. The van der Waals surface area contributed by atoms with Crippen LogP contribution in [0.3, 0.4) is 0 Å². The average molecular weight is 748 g/mol. The molecule has 0 aliphatic carbocycles. The molecule has 1 aromatic heterocycles. The predicted molar refractivity (Wildman–Crippen MR) is 232 cm³/mol. The van der Waals surface area contributed by atoms with Crippen LogP contribution in [-0.2, 0) is 0 Å². The van der Waals surface area contributed by atoms with Crippen molar-refractivity contribution >= 4 is 40.0 Å². The summed E-state index contributed by atoms with van der Waals surface area (Å²) in [5.41, 5.74) is 11.5. The Kier molecular flexibility index (Phi) is 8.12. The summed E-state index contributed by atoms with van der Waals surface area (Å²) in [6.07, 6.45) is 15.2. The minimum Gasteiger partial charge on any atom is -0.457 e. The van der Waals surface area contributed by atoms with Crippen molar-refractivity contribution in [2.75, 3.05) is 40.1 Å². The van der Waals surface area contributed by atoms with Crippen LogP contribution in [0, 0.1) is 0 Å². The lowest BCUT2D eigenvalue weighted by Crippen LogP contribution is -2.34. The van der Waals surface area contributed by atoms with Gasteiger partial charge in [-0.1, -0.05) is 24.3 Å². The number of anilines is 1. The second kappa shape index (κ2) is 13.4. The van der Waals surface area contributed by atoms with Gasteiger partial charge in [0.05, 0.1) is 56.0 Å². The third kappa shape index (κ3) is 6.64. The fraction of sp³-hybridized carbons (Fsp3) is 0.143. The number of quaternary nitrogens is 1. The van der Waals surface area contributed by atoms with Gasteiger partial charge in [-0.2, -0.15) is 0 Å². The minimum atomic E-state index is 0.243. The Morgan fingerprint density at radius 1 is 0.614 bits per heavy atom. The van der Waals surface area contributed by atoms with Gasteiger partial charge in [0, 0.05) is 59.5 Å². The van der Waals surface area contributed by atoms with Crippen molar-refractivity contribution in [1.29, 1.82) is 0 Å². The first-order valence-electron chi connectivity index (χ1n) is 19.3. The SMILES string of the molecule is CN(C)c1ccc(Oc2ccc(/C3=C4\C=CC(=N4)/C=c4/cc/c([nH]4)=C(\c4ccc(Oc5ccc([N+](C)(C)C)cc5)cc4)C4=N/C(=C\C5C6C=C3N65)C=C4)cc2)cc1. The number of benzene rings is 4. The molecule has 6 bridgehead atoms. The summed E-state index contributed by atoms with van der Waals surface area (Å²) in [6.45, 7) is 0. The number of nitrogens with zero attached hydrogens (tertiary/aromatic N) is 5. The molecule has 8 nitrogen and oxygen atoms in total. The Balaban J connectivity index is 0.978. The van der Waals surface area contributed by atoms with Crippen LogP contribution in [0.5, 0.6) is 23.0 Å². The number of ether oxygens (including phenoxy) is 2. The molecule has 57 heavy (non-hydrogen) atoms. The van der Waals surface area contributed by atoms with Gasteiger partial charge in [-0.15, -0.1) is 0 Å². The van der Waals surface area contributed by atoms with E-state index in [-0.39, 0.29) is 6.04 Å². The number of hydrogen-bond acceptors (Lipinski definition) is 6. The number of aromatic nitrogens is 1. The van der Waals surface area contributed by atoms with Crippen LogP contribution < -0.4 is 29.6 Å². The number of H-pyrrole nitrogens is 1. The van der Waals surface area contributed by atoms with Crippen molar-refractivity contribution in [2.45, 2.75) is 12.1 Å². The minimum absolute atomic E-state index is 0.243. The van der Waals surface area contributed by atoms with E-state index in [4.69, 9.17) is 19.5 Å². The van der Waals surface area contributed by atoms with Crippen molar-refractivity contribution < 1.29 is 9.47 Å². The number of aromatic amines is 1. The molecule has 2 unspecified atom stereocenters. The highest BCUT2D eigenvalue weighted by Crippen LogP contribution is 2.51. The van der Waals surface area contributed by atoms with E-state index >= 15 is 0 Å². The van der Waals surface area contributed by atoms with Gasteiger partial charge < -0.3 is 24.3 Å². The summed E-state index contributed by atoms with van der Waals surface area (Å²) in [5.74, 6) is 3.18. The zero-order chi connectivity index (χ0) is 38.8. The third-order valence-electron chi connectivity index (χ3n) is 10.9. The number of nitrogens with one attached hydrogen (secondary N) is 1. The lowest BCUT2D eigenvalue weighted by molar-refractivity contribution is 0.474. The van der Waals surface area contributed by atoms with Gasteiger partial charge in [-0.05, 0) is 126 Å². The lowest BCUT2D eigenvalue weighted by Gasteiger charge is -2.23. The Labute approximate surface area is 332 Å². The molecular formula is C49H43N6O2+. The first-order chi connectivity index (χ1) is 27.6. The molecule has 2 atom stereocenters. The Morgan fingerprint density at radius 3 is 1.84 bits per heavy atom. The van der Waals surface area contributed by atoms with Gasteiger partial charge >= 0.3 is 0 Å². The standard InChI is InChI=1S/C49H43N6O2/c1-53(2)36-13-21-40(22-14-36)56-39-19-8-32(9-20-39)49-44-27-11-34(51-44)28-33-10-25-42(50-33)48(43-26-12-35(52-43)29-45-46-30-47(49)54(45)46)31-6-17-38(18-7-31)57-41-23-15-37(16-24-41)55(3,4)5/h6-30,45-46,50H,1-5H3/q+1/b33-28-,35-29-,48-42-,49-44-. The molecule has 1 N–H and O–H groups in total. The topological polar surface area (TPSA) is 65.2 Å². The molecule has 0 spiro atoms. The number of allylic oxidation sites excluding steroid dienone is 5. The van der Waals surface area contributed by atoms with Crippen LogP contribution >= 0.6 is 0 Å². The Hall–Kier alpha value is -6.90. The average Bonchev–Trinajstić information content (AvgIpc) is 3.74. The summed E-state index contributed by atoms with van der Waals surface area (Å²) in [4.78, 5) is 18.5. The summed E-state index contributed by atoms with van der Waals surface area (Å²) >= 11 is 0. The van der Waals surface area contributed by atoms with Gasteiger partial charge in [-0.3, -0.25) is 4.48 Å². The molecule has 280 valence electrons. The highest BCUT2D eigenvalue weighted by Gasteiger charge is 2.54. The maximum absolute atomic E-state index is 6.25. The van der Waals surface area contributed by atoms with Crippen LogP contribution in [0.4, 0.5) is 11.4 Å². The van der Waals surface area contributed by atoms with Gasteiger partial charge in [-0.25, -0.2) is 9.98 Å². The molecule has 4 aromatic carbocycles. The predicted octanol–water partition coefficient (Wildman–Crippen LogP) is 8.12. The largest absolute Gasteiger partial charge is 0.457 e. The molecule has 8 heteroatoms. The first kappa shape index (κ1) is 34.6. The van der Waals surface area contributed by atoms with E-state index in [1.165, 1.54) is 11.4 Å². The molecule has 6 heterocycles. The van der Waals surface area contributed by atoms with Crippen LogP contribution in [0.1, 0.15) is 11.1 Å². The van der Waals surface area contributed by atoms with Crippen LogP contribution in [0.15, 0.2) is 173 Å². The fourth-order valence-electron chi connectivity index (χ4n) is 7.80. The molecule has 10 rings (SSSR count). The number of hydrogen-bond donors (Lipinski definition) is 1. The van der Waals surface area contributed by atoms with Crippen molar-refractivity contribution in [3.8, 4) is 23.0 Å². The maximum Gasteiger partial charge on any atom is 0.132 e. The number of aliphatic imine (C=N–C) groups is 2. The highest BCUT2D eigenvalue weighted by atomic mass is 16.5. The lowest BCUT2D eigenvalue weighted by atomic mass is 9.97. The monoisotopic (exact) mass is 747 g/mol. The number of rotatable bonds is 8. The van der Waals surface area contributed by atoms with E-state index in [1.807, 2.05) is 62.6 Å². The zero-order valence-electron chi connectivity index (χ0n) is 32.6. The zero-order valence-corrected chi connectivity index (χ0v) is 32.6.